The van der Waals surface area contributed by atoms with Crippen LogP contribution in [0.1, 0.15) is 46.0 Å². The quantitative estimate of drug-likeness (QED) is 0.700. The van der Waals surface area contributed by atoms with Gasteiger partial charge in [-0.15, -0.1) is 0 Å². The van der Waals surface area contributed by atoms with Crippen LogP contribution in [0, 0.1) is 0 Å². The maximum absolute atomic E-state index is 3.62. The standard InChI is InChI=1S/C15H31N3/c1-3-4-5-8-16-12-14(2)18-11-10-17-9-6-7-15(17)13-18/h14-16H,3-13H2,1-2H3. The number of fused-ring (bicyclic) bond motifs is 1. The van der Waals surface area contributed by atoms with Gasteiger partial charge in [0, 0.05) is 38.3 Å². The van der Waals surface area contributed by atoms with Crippen molar-refractivity contribution in [3.63, 3.8) is 0 Å². The van der Waals surface area contributed by atoms with Gasteiger partial charge in [0.15, 0.2) is 0 Å². The molecule has 2 fully saturated rings. The van der Waals surface area contributed by atoms with E-state index in [0.29, 0.717) is 6.04 Å². The Hall–Kier alpha value is -0.120. The molecule has 106 valence electrons. The van der Waals surface area contributed by atoms with E-state index in [1.807, 2.05) is 0 Å². The summed E-state index contributed by atoms with van der Waals surface area (Å²) in [5, 5.41) is 3.62. The van der Waals surface area contributed by atoms with Crippen LogP contribution in [0.3, 0.4) is 0 Å². The van der Waals surface area contributed by atoms with Gasteiger partial charge in [0.2, 0.25) is 0 Å². The Morgan fingerprint density at radius 1 is 1.22 bits per heavy atom. The van der Waals surface area contributed by atoms with Crippen LogP contribution in [-0.4, -0.2) is 61.2 Å². The largest absolute Gasteiger partial charge is 0.315 e. The summed E-state index contributed by atoms with van der Waals surface area (Å²) in [6.07, 6.45) is 6.86. The molecule has 0 amide bonds. The topological polar surface area (TPSA) is 18.5 Å². The normalized spacial score (nSPS) is 27.3. The second kappa shape index (κ2) is 7.46. The Bertz CT molecular complexity index is 232. The van der Waals surface area contributed by atoms with E-state index >= 15 is 0 Å². The molecule has 0 aliphatic carbocycles. The zero-order valence-electron chi connectivity index (χ0n) is 12.3. The van der Waals surface area contributed by atoms with Crippen LogP contribution >= 0.6 is 0 Å². The monoisotopic (exact) mass is 253 g/mol. The zero-order valence-corrected chi connectivity index (χ0v) is 12.3. The van der Waals surface area contributed by atoms with Gasteiger partial charge in [-0.05, 0) is 39.3 Å². The number of hydrogen-bond acceptors (Lipinski definition) is 3. The predicted molar refractivity (Wildman–Crippen MR) is 78.0 cm³/mol. The highest BCUT2D eigenvalue weighted by Gasteiger charge is 2.31. The molecule has 2 aliphatic heterocycles. The van der Waals surface area contributed by atoms with Gasteiger partial charge in [0.1, 0.15) is 0 Å². The van der Waals surface area contributed by atoms with Crippen LogP contribution in [-0.2, 0) is 0 Å². The summed E-state index contributed by atoms with van der Waals surface area (Å²) in [6, 6.07) is 1.57. The first kappa shape index (κ1) is 14.3. The summed E-state index contributed by atoms with van der Waals surface area (Å²) < 4.78 is 0. The first-order chi connectivity index (χ1) is 8.81. The minimum atomic E-state index is 0.703. The second-order valence-electron chi connectivity index (χ2n) is 6.09. The Kier molecular flexibility index (Phi) is 5.93. The van der Waals surface area contributed by atoms with E-state index in [4.69, 9.17) is 0 Å². The van der Waals surface area contributed by atoms with Gasteiger partial charge in [0.05, 0.1) is 0 Å². The molecule has 0 radical (unpaired) electrons. The van der Waals surface area contributed by atoms with Crippen LogP contribution in [0.4, 0.5) is 0 Å². The highest BCUT2D eigenvalue weighted by Crippen LogP contribution is 2.22. The summed E-state index contributed by atoms with van der Waals surface area (Å²) in [5.74, 6) is 0. The van der Waals surface area contributed by atoms with Gasteiger partial charge < -0.3 is 5.32 Å². The van der Waals surface area contributed by atoms with E-state index in [2.05, 4.69) is 29.0 Å². The number of hydrogen-bond donors (Lipinski definition) is 1. The lowest BCUT2D eigenvalue weighted by atomic mass is 10.1. The fourth-order valence-corrected chi connectivity index (χ4v) is 3.36. The Morgan fingerprint density at radius 3 is 2.94 bits per heavy atom. The number of piperazine rings is 1. The lowest BCUT2D eigenvalue weighted by molar-refractivity contribution is 0.0769. The molecular weight excluding hydrogens is 222 g/mol. The highest BCUT2D eigenvalue weighted by molar-refractivity contribution is 4.88. The zero-order chi connectivity index (χ0) is 12.8. The molecule has 2 atom stereocenters. The maximum atomic E-state index is 3.62. The smallest absolute Gasteiger partial charge is 0.0224 e. The first-order valence-electron chi connectivity index (χ1n) is 8.00. The van der Waals surface area contributed by atoms with E-state index in [1.165, 1.54) is 64.8 Å². The molecule has 0 bridgehead atoms. The van der Waals surface area contributed by atoms with Gasteiger partial charge >= 0.3 is 0 Å². The van der Waals surface area contributed by atoms with Crippen molar-refractivity contribution in [2.75, 3.05) is 39.3 Å². The van der Waals surface area contributed by atoms with Crippen molar-refractivity contribution in [1.82, 2.24) is 15.1 Å². The minimum Gasteiger partial charge on any atom is -0.315 e. The van der Waals surface area contributed by atoms with Gasteiger partial charge in [-0.2, -0.15) is 0 Å². The van der Waals surface area contributed by atoms with Crippen LogP contribution in [0.5, 0.6) is 0 Å². The molecule has 2 saturated heterocycles. The van der Waals surface area contributed by atoms with E-state index in [9.17, 15) is 0 Å². The Morgan fingerprint density at radius 2 is 2.11 bits per heavy atom. The van der Waals surface area contributed by atoms with Crippen molar-refractivity contribution in [3.8, 4) is 0 Å². The number of unbranched alkanes of at least 4 members (excludes halogenated alkanes) is 2. The van der Waals surface area contributed by atoms with Crippen molar-refractivity contribution in [2.45, 2.75) is 58.0 Å². The third-order valence-electron chi connectivity index (χ3n) is 4.64. The molecule has 2 rings (SSSR count). The van der Waals surface area contributed by atoms with Crippen molar-refractivity contribution >= 4 is 0 Å². The van der Waals surface area contributed by atoms with Crippen molar-refractivity contribution in [1.29, 1.82) is 0 Å². The lowest BCUT2D eigenvalue weighted by Crippen LogP contribution is -2.54. The average Bonchev–Trinajstić information content (AvgIpc) is 2.85. The summed E-state index contributed by atoms with van der Waals surface area (Å²) in [4.78, 5) is 5.39. The molecule has 2 heterocycles. The average molecular weight is 253 g/mol. The molecule has 2 aliphatic rings. The van der Waals surface area contributed by atoms with E-state index < -0.39 is 0 Å². The lowest BCUT2D eigenvalue weighted by Gasteiger charge is -2.40. The first-order valence-corrected chi connectivity index (χ1v) is 8.00. The highest BCUT2D eigenvalue weighted by atomic mass is 15.3. The second-order valence-corrected chi connectivity index (χ2v) is 6.09. The molecule has 3 heteroatoms. The fourth-order valence-electron chi connectivity index (χ4n) is 3.36. The maximum Gasteiger partial charge on any atom is 0.0224 e. The van der Waals surface area contributed by atoms with Gasteiger partial charge in [-0.25, -0.2) is 0 Å². The summed E-state index contributed by atoms with van der Waals surface area (Å²) >= 11 is 0. The molecule has 0 spiro atoms. The van der Waals surface area contributed by atoms with Gasteiger partial charge in [-0.3, -0.25) is 9.80 Å². The molecule has 0 saturated carbocycles. The molecule has 0 aromatic rings. The van der Waals surface area contributed by atoms with Crippen molar-refractivity contribution in [2.24, 2.45) is 0 Å². The van der Waals surface area contributed by atoms with Gasteiger partial charge in [-0.1, -0.05) is 19.8 Å². The van der Waals surface area contributed by atoms with Crippen molar-refractivity contribution < 1.29 is 0 Å². The molecule has 1 N–H and O–H groups in total. The van der Waals surface area contributed by atoms with Gasteiger partial charge in [0.25, 0.3) is 0 Å². The number of nitrogens with one attached hydrogen (secondary N) is 1. The SMILES string of the molecule is CCCCCNCC(C)N1CCN2CCCC2C1. The molecule has 3 nitrogen and oxygen atoms in total. The van der Waals surface area contributed by atoms with Crippen molar-refractivity contribution in [3.05, 3.63) is 0 Å². The number of rotatable bonds is 7. The summed E-state index contributed by atoms with van der Waals surface area (Å²) in [5.41, 5.74) is 0. The van der Waals surface area contributed by atoms with Crippen LogP contribution in [0.25, 0.3) is 0 Å². The molecule has 0 aromatic carbocycles. The third-order valence-corrected chi connectivity index (χ3v) is 4.64. The summed E-state index contributed by atoms with van der Waals surface area (Å²) in [7, 11) is 0. The fraction of sp³-hybridized carbons (Fsp3) is 1.00. The molecule has 18 heavy (non-hydrogen) atoms. The third kappa shape index (κ3) is 3.94. The minimum absolute atomic E-state index is 0.703. The molecule has 0 aromatic heterocycles. The van der Waals surface area contributed by atoms with Crippen LogP contribution in [0.15, 0.2) is 0 Å². The van der Waals surface area contributed by atoms with E-state index in [0.717, 1.165) is 12.6 Å². The predicted octanol–water partition coefficient (Wildman–Crippen LogP) is 1.93. The van der Waals surface area contributed by atoms with Crippen LogP contribution < -0.4 is 5.32 Å². The molecule has 2 unspecified atom stereocenters. The van der Waals surface area contributed by atoms with E-state index in [1.54, 1.807) is 0 Å². The molecular formula is C15H31N3. The van der Waals surface area contributed by atoms with Crippen LogP contribution in [0.2, 0.25) is 0 Å². The summed E-state index contributed by atoms with van der Waals surface area (Å²) in [6.45, 7) is 12.2. The number of nitrogens with zero attached hydrogens (tertiary/aromatic N) is 2. The Labute approximate surface area is 113 Å². The van der Waals surface area contributed by atoms with E-state index in [-0.39, 0.29) is 0 Å². The Balaban J connectivity index is 1.61.